The molecule has 7 nitrogen and oxygen atoms in total. The van der Waals surface area contributed by atoms with Crippen molar-refractivity contribution in [3.05, 3.63) is 34.9 Å². The van der Waals surface area contributed by atoms with E-state index in [0.717, 1.165) is 42.4 Å². The molecule has 1 N–H and O–H groups in total. The Balaban J connectivity index is 1.30. The first kappa shape index (κ1) is 28.8. The van der Waals surface area contributed by atoms with Crippen LogP contribution in [0, 0.1) is 18.8 Å². The van der Waals surface area contributed by atoms with Crippen LogP contribution in [0.25, 0.3) is 0 Å². The van der Waals surface area contributed by atoms with Gasteiger partial charge in [0.15, 0.2) is 0 Å². The van der Waals surface area contributed by atoms with Gasteiger partial charge in [0.1, 0.15) is 17.2 Å². The van der Waals surface area contributed by atoms with E-state index in [0.29, 0.717) is 43.9 Å². The highest BCUT2D eigenvalue weighted by molar-refractivity contribution is 7.89. The monoisotopic (exact) mass is 551 g/mol. The van der Waals surface area contributed by atoms with Crippen molar-refractivity contribution in [2.45, 2.75) is 90.0 Å². The number of ketones is 1. The topological polar surface area (TPSA) is 95.9 Å². The summed E-state index contributed by atoms with van der Waals surface area (Å²) < 4.78 is 52.7. The van der Waals surface area contributed by atoms with Crippen molar-refractivity contribution in [1.29, 1.82) is 0 Å². The first-order valence-corrected chi connectivity index (χ1v) is 15.3. The van der Waals surface area contributed by atoms with E-state index < -0.39 is 22.0 Å². The molecule has 210 valence electrons. The molecule has 1 aliphatic carbocycles. The number of carbonyl (C=O) groups excluding carboxylic acids is 2. The van der Waals surface area contributed by atoms with Crippen molar-refractivity contribution in [2.24, 2.45) is 16.8 Å². The molecule has 38 heavy (non-hydrogen) atoms. The molecule has 1 aromatic rings. The second-order valence-electron chi connectivity index (χ2n) is 11.3. The van der Waals surface area contributed by atoms with E-state index >= 15 is 0 Å². The SMILES string of the molecule is CC(=O)Cc1ccc(CCS(=O)(=O)N2CCC3(CC2)N=C(C2CCC(CCC(F)F)CC2)NC3=O)c(C)c1. The lowest BCUT2D eigenvalue weighted by Gasteiger charge is -2.34. The lowest BCUT2D eigenvalue weighted by atomic mass is 9.79. The number of nitrogens with one attached hydrogen (secondary N) is 1. The summed E-state index contributed by atoms with van der Waals surface area (Å²) in [6, 6.07) is 5.73. The summed E-state index contributed by atoms with van der Waals surface area (Å²) in [5.74, 6) is 1.07. The summed E-state index contributed by atoms with van der Waals surface area (Å²) in [4.78, 5) is 29.1. The lowest BCUT2D eigenvalue weighted by Crippen LogP contribution is -2.51. The minimum absolute atomic E-state index is 0.0115. The first-order valence-electron chi connectivity index (χ1n) is 13.7. The lowest BCUT2D eigenvalue weighted by molar-refractivity contribution is -0.125. The van der Waals surface area contributed by atoms with Crippen LogP contribution in [0.4, 0.5) is 8.78 Å². The molecule has 10 heteroatoms. The van der Waals surface area contributed by atoms with Gasteiger partial charge >= 0.3 is 0 Å². The summed E-state index contributed by atoms with van der Waals surface area (Å²) >= 11 is 0. The van der Waals surface area contributed by atoms with Crippen LogP contribution in [0.5, 0.6) is 0 Å². The molecule has 1 amide bonds. The number of benzene rings is 1. The van der Waals surface area contributed by atoms with Gasteiger partial charge in [0, 0.05) is 31.8 Å². The zero-order valence-electron chi connectivity index (χ0n) is 22.3. The Hall–Kier alpha value is -2.20. The number of halogens is 2. The van der Waals surface area contributed by atoms with Gasteiger partial charge in [0.25, 0.3) is 5.91 Å². The number of amidine groups is 1. The van der Waals surface area contributed by atoms with E-state index in [2.05, 4.69) is 5.32 Å². The van der Waals surface area contributed by atoms with Crippen LogP contribution in [0.1, 0.15) is 75.0 Å². The van der Waals surface area contributed by atoms with E-state index in [1.165, 1.54) is 4.31 Å². The average Bonchev–Trinajstić information content (AvgIpc) is 3.17. The molecule has 2 fully saturated rings. The minimum atomic E-state index is -3.50. The quantitative estimate of drug-likeness (QED) is 0.471. The maximum atomic E-state index is 13.1. The van der Waals surface area contributed by atoms with Gasteiger partial charge in [0.2, 0.25) is 16.4 Å². The summed E-state index contributed by atoms with van der Waals surface area (Å²) in [7, 11) is -3.50. The molecular formula is C28H39F2N3O4S. The van der Waals surface area contributed by atoms with Crippen LogP contribution in [0.2, 0.25) is 0 Å². The Morgan fingerprint density at radius 2 is 1.87 bits per heavy atom. The summed E-state index contributed by atoms with van der Waals surface area (Å²) in [6.45, 7) is 3.99. The third-order valence-electron chi connectivity index (χ3n) is 8.46. The Labute approximate surface area is 224 Å². The average molecular weight is 552 g/mol. The smallest absolute Gasteiger partial charge is 0.253 e. The zero-order valence-corrected chi connectivity index (χ0v) is 23.2. The second kappa shape index (κ2) is 11.9. The molecule has 2 aliphatic heterocycles. The van der Waals surface area contributed by atoms with Crippen molar-refractivity contribution in [3.8, 4) is 0 Å². The third kappa shape index (κ3) is 6.86. The molecule has 0 unspecified atom stereocenters. The Morgan fingerprint density at radius 1 is 1.18 bits per heavy atom. The largest absolute Gasteiger partial charge is 0.312 e. The van der Waals surface area contributed by atoms with Gasteiger partial charge in [-0.05, 0) is 87.8 Å². The number of nitrogens with zero attached hydrogens (tertiary/aromatic N) is 2. The van der Waals surface area contributed by atoms with E-state index in [1.54, 1.807) is 6.92 Å². The number of hydrogen-bond donors (Lipinski definition) is 1. The van der Waals surface area contributed by atoms with Crippen LogP contribution in [0.15, 0.2) is 23.2 Å². The van der Waals surface area contributed by atoms with Crippen molar-refractivity contribution < 1.29 is 26.8 Å². The van der Waals surface area contributed by atoms with Crippen molar-refractivity contribution in [2.75, 3.05) is 18.8 Å². The van der Waals surface area contributed by atoms with Crippen LogP contribution >= 0.6 is 0 Å². The Kier molecular flexibility index (Phi) is 9.02. The molecular weight excluding hydrogens is 512 g/mol. The number of aliphatic imine (C=N–C) groups is 1. The summed E-state index contributed by atoms with van der Waals surface area (Å²) in [6.07, 6.45) is 3.09. The molecule has 1 aromatic carbocycles. The van der Waals surface area contributed by atoms with Gasteiger partial charge in [-0.3, -0.25) is 14.6 Å². The normalized spacial score (nSPS) is 24.0. The van der Waals surface area contributed by atoms with Crippen molar-refractivity contribution >= 4 is 27.5 Å². The zero-order chi connectivity index (χ0) is 27.5. The van der Waals surface area contributed by atoms with Crippen LogP contribution < -0.4 is 5.32 Å². The molecule has 0 aromatic heterocycles. The summed E-state index contributed by atoms with van der Waals surface area (Å²) in [5.41, 5.74) is 1.95. The number of hydrogen-bond acceptors (Lipinski definition) is 5. The molecule has 2 heterocycles. The molecule has 1 saturated heterocycles. The maximum Gasteiger partial charge on any atom is 0.253 e. The standard InChI is InChI=1S/C28H39F2N3O4S/c1-19-17-22(18-20(2)34)5-7-23(19)11-16-38(36,37)33-14-12-28(13-15-33)27(35)31-26(32-28)24-8-3-21(4-9-24)6-10-25(29)30/h5,7,17,21,24-25H,3-4,6,8-16,18H2,1-2H3,(H,31,32,35). The predicted octanol–water partition coefficient (Wildman–Crippen LogP) is 4.21. The van der Waals surface area contributed by atoms with Crippen molar-refractivity contribution in [3.63, 3.8) is 0 Å². The second-order valence-corrected chi connectivity index (χ2v) is 13.4. The van der Waals surface area contributed by atoms with Gasteiger partial charge < -0.3 is 5.32 Å². The predicted molar refractivity (Wildman–Crippen MR) is 143 cm³/mol. The fraction of sp³-hybridized carbons (Fsp3) is 0.679. The number of carbonyl (C=O) groups is 2. The Bertz CT molecular complexity index is 1170. The fourth-order valence-corrected chi connectivity index (χ4v) is 7.57. The van der Waals surface area contributed by atoms with Gasteiger partial charge in [-0.1, -0.05) is 18.2 Å². The van der Waals surface area contributed by atoms with E-state index in [-0.39, 0.29) is 42.9 Å². The van der Waals surface area contributed by atoms with E-state index in [1.807, 2.05) is 25.1 Å². The summed E-state index contributed by atoms with van der Waals surface area (Å²) in [5, 5.41) is 2.97. The Morgan fingerprint density at radius 3 is 2.47 bits per heavy atom. The van der Waals surface area contributed by atoms with Gasteiger partial charge in [-0.15, -0.1) is 0 Å². The molecule has 1 spiro atoms. The number of aryl methyl sites for hydroxylation is 2. The number of alkyl halides is 2. The van der Waals surface area contributed by atoms with E-state index in [4.69, 9.17) is 4.99 Å². The number of sulfonamides is 1. The molecule has 0 radical (unpaired) electrons. The van der Waals surface area contributed by atoms with Gasteiger partial charge in [-0.25, -0.2) is 21.5 Å². The third-order valence-corrected chi connectivity index (χ3v) is 10.3. The maximum absolute atomic E-state index is 13.1. The molecule has 1 saturated carbocycles. The van der Waals surface area contributed by atoms with Crippen molar-refractivity contribution in [1.82, 2.24) is 9.62 Å². The number of rotatable bonds is 10. The fourth-order valence-electron chi connectivity index (χ4n) is 6.10. The van der Waals surface area contributed by atoms with Gasteiger partial charge in [-0.2, -0.15) is 0 Å². The minimum Gasteiger partial charge on any atom is -0.312 e. The molecule has 0 bridgehead atoms. The van der Waals surface area contributed by atoms with E-state index in [9.17, 15) is 26.8 Å². The highest BCUT2D eigenvalue weighted by Gasteiger charge is 2.48. The highest BCUT2D eigenvalue weighted by atomic mass is 32.2. The molecule has 4 rings (SSSR count). The van der Waals surface area contributed by atoms with Crippen LogP contribution in [-0.2, 0) is 32.5 Å². The first-order chi connectivity index (χ1) is 18.0. The number of Topliss-reactive ketones (excluding diaryl/α,β-unsaturated/α-hetero) is 1. The van der Waals surface area contributed by atoms with Crippen LogP contribution in [0.3, 0.4) is 0 Å². The van der Waals surface area contributed by atoms with Gasteiger partial charge in [0.05, 0.1) is 5.75 Å². The van der Waals surface area contributed by atoms with Crippen LogP contribution in [-0.4, -0.2) is 61.1 Å². The molecule has 0 atom stereocenters. The number of piperidine rings is 1. The highest BCUT2D eigenvalue weighted by Crippen LogP contribution is 2.37. The molecule has 3 aliphatic rings. The number of amides is 1.